The summed E-state index contributed by atoms with van der Waals surface area (Å²) in [6.45, 7) is 4.14. The van der Waals surface area contributed by atoms with Gasteiger partial charge in [0.15, 0.2) is 0 Å². The molecule has 0 aromatic carbocycles. The number of anilines is 1. The Labute approximate surface area is 123 Å². The van der Waals surface area contributed by atoms with Crippen LogP contribution >= 0.6 is 34.3 Å². The number of aromatic nitrogens is 3. The number of nitrogens with one attached hydrogen (secondary N) is 1. The highest BCUT2D eigenvalue weighted by Gasteiger charge is 2.25. The molecule has 0 radical (unpaired) electrons. The van der Waals surface area contributed by atoms with Crippen LogP contribution in [0.15, 0.2) is 23.0 Å². The number of thiazole rings is 1. The highest BCUT2D eigenvalue weighted by Crippen LogP contribution is 2.32. The van der Waals surface area contributed by atoms with E-state index < -0.39 is 0 Å². The molecule has 19 heavy (non-hydrogen) atoms. The van der Waals surface area contributed by atoms with E-state index in [2.05, 4.69) is 34.1 Å². The summed E-state index contributed by atoms with van der Waals surface area (Å²) in [6.07, 6.45) is 1.80. The first-order valence-electron chi connectivity index (χ1n) is 5.65. The maximum Gasteiger partial charge on any atom is 0.225 e. The second-order valence-electron chi connectivity index (χ2n) is 4.57. The van der Waals surface area contributed by atoms with Crippen molar-refractivity contribution in [1.82, 2.24) is 15.0 Å². The smallest absolute Gasteiger partial charge is 0.225 e. The fourth-order valence-electron chi connectivity index (χ4n) is 1.81. The van der Waals surface area contributed by atoms with E-state index in [0.29, 0.717) is 0 Å². The third-order valence-electron chi connectivity index (χ3n) is 2.70. The first-order valence-corrected chi connectivity index (χ1v) is 7.79. The van der Waals surface area contributed by atoms with Gasteiger partial charge in [-0.25, -0.2) is 15.0 Å². The average Bonchev–Trinajstić information content (AvgIpc) is 2.98. The molecule has 3 aromatic rings. The van der Waals surface area contributed by atoms with Gasteiger partial charge in [0.1, 0.15) is 15.7 Å². The quantitative estimate of drug-likeness (QED) is 0.738. The molecule has 0 spiro atoms. The molecule has 4 nitrogen and oxygen atoms in total. The van der Waals surface area contributed by atoms with Crippen molar-refractivity contribution in [3.63, 3.8) is 0 Å². The summed E-state index contributed by atoms with van der Waals surface area (Å²) >= 11 is 9.13. The molecule has 0 bridgehead atoms. The SMILES string of the molecule is CC(C)(Nc1nc(Cl)nc2sccc12)c1nccs1. The summed E-state index contributed by atoms with van der Waals surface area (Å²) in [5.74, 6) is 0.747. The predicted molar refractivity (Wildman–Crippen MR) is 81.2 cm³/mol. The van der Waals surface area contributed by atoms with Crippen molar-refractivity contribution < 1.29 is 0 Å². The third kappa shape index (κ3) is 2.43. The molecular formula is C12H11ClN4S2. The molecule has 0 fully saturated rings. The van der Waals surface area contributed by atoms with Gasteiger partial charge < -0.3 is 5.32 Å². The lowest BCUT2D eigenvalue weighted by molar-refractivity contribution is 0.602. The number of thiophene rings is 1. The molecule has 0 amide bonds. The predicted octanol–water partition coefficient (Wildman–Crippen LogP) is 4.15. The maximum atomic E-state index is 5.97. The second-order valence-corrected chi connectivity index (χ2v) is 6.70. The monoisotopic (exact) mass is 310 g/mol. The van der Waals surface area contributed by atoms with E-state index in [9.17, 15) is 0 Å². The van der Waals surface area contributed by atoms with Crippen molar-refractivity contribution in [2.45, 2.75) is 19.4 Å². The minimum atomic E-state index is -0.305. The van der Waals surface area contributed by atoms with Gasteiger partial charge in [0, 0.05) is 11.6 Å². The highest BCUT2D eigenvalue weighted by atomic mass is 35.5. The van der Waals surface area contributed by atoms with E-state index in [4.69, 9.17) is 11.6 Å². The highest BCUT2D eigenvalue weighted by molar-refractivity contribution is 7.16. The zero-order chi connectivity index (χ0) is 13.5. The number of halogens is 1. The van der Waals surface area contributed by atoms with Gasteiger partial charge >= 0.3 is 0 Å². The molecule has 0 saturated heterocycles. The number of nitrogens with zero attached hydrogens (tertiary/aromatic N) is 3. The normalized spacial score (nSPS) is 11.9. The van der Waals surface area contributed by atoms with Gasteiger partial charge in [-0.2, -0.15) is 0 Å². The summed E-state index contributed by atoms with van der Waals surface area (Å²) in [5, 5.41) is 9.60. The lowest BCUT2D eigenvalue weighted by atomic mass is 10.1. The summed E-state index contributed by atoms with van der Waals surface area (Å²) in [6, 6.07) is 2.00. The van der Waals surface area contributed by atoms with E-state index in [0.717, 1.165) is 21.0 Å². The lowest BCUT2D eigenvalue weighted by Crippen LogP contribution is -2.28. The molecule has 3 heterocycles. The molecule has 7 heteroatoms. The molecule has 0 atom stereocenters. The van der Waals surface area contributed by atoms with Crippen LogP contribution in [0, 0.1) is 0 Å². The second kappa shape index (κ2) is 4.70. The van der Waals surface area contributed by atoms with Gasteiger partial charge in [0.05, 0.1) is 10.9 Å². The summed E-state index contributed by atoms with van der Waals surface area (Å²) in [5.41, 5.74) is -0.305. The molecular weight excluding hydrogens is 300 g/mol. The Morgan fingerprint density at radius 1 is 1.21 bits per heavy atom. The Kier molecular flexibility index (Phi) is 3.16. The van der Waals surface area contributed by atoms with Crippen LogP contribution in [-0.2, 0) is 5.54 Å². The number of fused-ring (bicyclic) bond motifs is 1. The van der Waals surface area contributed by atoms with Crippen molar-refractivity contribution >= 4 is 50.3 Å². The third-order valence-corrected chi connectivity index (χ3v) is 4.77. The van der Waals surface area contributed by atoms with Crippen LogP contribution in [0.4, 0.5) is 5.82 Å². The molecule has 0 unspecified atom stereocenters. The minimum absolute atomic E-state index is 0.257. The Hall–Kier alpha value is -1.24. The zero-order valence-electron chi connectivity index (χ0n) is 10.3. The average molecular weight is 311 g/mol. The molecule has 1 N–H and O–H groups in total. The van der Waals surface area contributed by atoms with Crippen LogP contribution in [0.25, 0.3) is 10.2 Å². The van der Waals surface area contributed by atoms with E-state index in [1.165, 1.54) is 0 Å². The Morgan fingerprint density at radius 2 is 2.05 bits per heavy atom. The van der Waals surface area contributed by atoms with Gasteiger partial charge in [-0.15, -0.1) is 22.7 Å². The van der Waals surface area contributed by atoms with Crippen LogP contribution in [0.3, 0.4) is 0 Å². The molecule has 0 saturated carbocycles. The zero-order valence-corrected chi connectivity index (χ0v) is 12.7. The Bertz CT molecular complexity index is 706. The van der Waals surface area contributed by atoms with Crippen LogP contribution in [0.5, 0.6) is 0 Å². The number of hydrogen-bond donors (Lipinski definition) is 1. The van der Waals surface area contributed by atoms with Crippen LogP contribution in [0.2, 0.25) is 5.28 Å². The molecule has 3 rings (SSSR count). The van der Waals surface area contributed by atoms with Crippen molar-refractivity contribution in [2.75, 3.05) is 5.32 Å². The van der Waals surface area contributed by atoms with Crippen molar-refractivity contribution in [1.29, 1.82) is 0 Å². The fourth-order valence-corrected chi connectivity index (χ4v) is 3.51. The lowest BCUT2D eigenvalue weighted by Gasteiger charge is -2.24. The van der Waals surface area contributed by atoms with E-state index in [1.54, 1.807) is 28.9 Å². The summed E-state index contributed by atoms with van der Waals surface area (Å²) in [7, 11) is 0. The van der Waals surface area contributed by atoms with E-state index >= 15 is 0 Å². The summed E-state index contributed by atoms with van der Waals surface area (Å²) in [4.78, 5) is 13.7. The van der Waals surface area contributed by atoms with Crippen LogP contribution < -0.4 is 5.32 Å². The molecule has 0 aliphatic carbocycles. The standard InChI is InChI=1S/C12H11ClN4S2/c1-12(2,10-14-4-6-19-10)17-8-7-3-5-18-9(7)16-11(13)15-8/h3-6H,1-2H3,(H,15,16,17). The Morgan fingerprint density at radius 3 is 2.79 bits per heavy atom. The van der Waals surface area contributed by atoms with E-state index in [1.807, 2.05) is 16.8 Å². The van der Waals surface area contributed by atoms with Gasteiger partial charge in [0.25, 0.3) is 0 Å². The first kappa shape index (κ1) is 12.8. The fraction of sp³-hybridized carbons (Fsp3) is 0.250. The topological polar surface area (TPSA) is 50.7 Å². The summed E-state index contributed by atoms with van der Waals surface area (Å²) < 4.78 is 0. The molecule has 3 aromatic heterocycles. The number of hydrogen-bond acceptors (Lipinski definition) is 6. The van der Waals surface area contributed by atoms with Crippen LogP contribution in [-0.4, -0.2) is 15.0 Å². The largest absolute Gasteiger partial charge is 0.358 e. The van der Waals surface area contributed by atoms with E-state index in [-0.39, 0.29) is 10.8 Å². The van der Waals surface area contributed by atoms with Gasteiger partial charge in [-0.1, -0.05) is 0 Å². The van der Waals surface area contributed by atoms with Gasteiger partial charge in [-0.05, 0) is 36.9 Å². The molecule has 0 aliphatic heterocycles. The number of rotatable bonds is 3. The van der Waals surface area contributed by atoms with Crippen molar-refractivity contribution in [2.24, 2.45) is 0 Å². The molecule has 98 valence electrons. The van der Waals surface area contributed by atoms with Gasteiger partial charge in [0.2, 0.25) is 5.28 Å². The Balaban J connectivity index is 2.03. The maximum absolute atomic E-state index is 5.97. The van der Waals surface area contributed by atoms with Gasteiger partial charge in [-0.3, -0.25) is 0 Å². The molecule has 0 aliphatic rings. The minimum Gasteiger partial charge on any atom is -0.358 e. The van der Waals surface area contributed by atoms with Crippen molar-refractivity contribution in [3.05, 3.63) is 33.3 Å². The van der Waals surface area contributed by atoms with Crippen molar-refractivity contribution in [3.8, 4) is 0 Å². The first-order chi connectivity index (χ1) is 9.06. The van der Waals surface area contributed by atoms with Crippen LogP contribution in [0.1, 0.15) is 18.9 Å².